The van der Waals surface area contributed by atoms with Crippen LogP contribution in [0.25, 0.3) is 39.0 Å². The minimum absolute atomic E-state index is 0.205. The molecule has 0 amide bonds. The van der Waals surface area contributed by atoms with Gasteiger partial charge >= 0.3 is 5.97 Å². The Balaban J connectivity index is 2.03. The number of carboxylic acid groups (broad SMARTS) is 1. The second-order valence-electron chi connectivity index (χ2n) is 7.36. The van der Waals surface area contributed by atoms with Crippen LogP contribution in [0.4, 0.5) is 0 Å². The summed E-state index contributed by atoms with van der Waals surface area (Å²) in [5, 5.41) is 20.9. The fraction of sp³-hybridized carbons (Fsp3) is 0. The molecular formula is C26H17N3O4. The Morgan fingerprint density at radius 2 is 1.48 bits per heavy atom. The largest absolute Gasteiger partial charge is 0.505 e. The summed E-state index contributed by atoms with van der Waals surface area (Å²) in [5.74, 6) is -1.87. The number of nitrogens with zero attached hydrogens (tertiary/aromatic N) is 3. The Labute approximate surface area is 187 Å². The van der Waals surface area contributed by atoms with Crippen molar-refractivity contribution >= 4 is 16.9 Å². The second kappa shape index (κ2) is 8.05. The van der Waals surface area contributed by atoms with Gasteiger partial charge in [-0.25, -0.2) is 9.78 Å². The highest BCUT2D eigenvalue weighted by molar-refractivity contribution is 6.04. The molecule has 0 radical (unpaired) electrons. The topological polar surface area (TPSA) is 105 Å². The molecule has 0 aliphatic carbocycles. The lowest BCUT2D eigenvalue weighted by molar-refractivity contribution is 0.0687. The molecule has 0 saturated carbocycles. The lowest BCUT2D eigenvalue weighted by Crippen LogP contribution is -2.22. The van der Waals surface area contributed by atoms with E-state index < -0.39 is 17.4 Å². The predicted molar refractivity (Wildman–Crippen MR) is 125 cm³/mol. The average Bonchev–Trinajstić information content (AvgIpc) is 2.85. The summed E-state index contributed by atoms with van der Waals surface area (Å²) in [4.78, 5) is 34.0. The molecule has 0 fully saturated rings. The fourth-order valence-electron chi connectivity index (χ4n) is 3.88. The maximum atomic E-state index is 13.8. The highest BCUT2D eigenvalue weighted by Crippen LogP contribution is 2.36. The van der Waals surface area contributed by atoms with Crippen LogP contribution in [-0.2, 0) is 0 Å². The molecule has 0 atom stereocenters. The van der Waals surface area contributed by atoms with E-state index in [4.69, 9.17) is 0 Å². The van der Waals surface area contributed by atoms with Crippen LogP contribution in [0.5, 0.6) is 5.75 Å². The zero-order valence-corrected chi connectivity index (χ0v) is 17.2. The number of benzene rings is 2. The maximum Gasteiger partial charge on any atom is 0.358 e. The summed E-state index contributed by atoms with van der Waals surface area (Å²) in [6.07, 6.45) is 3.11. The first-order valence-electron chi connectivity index (χ1n) is 10.1. The number of carbonyl (C=O) groups is 1. The van der Waals surface area contributed by atoms with Crippen molar-refractivity contribution in [3.8, 4) is 33.8 Å². The second-order valence-corrected chi connectivity index (χ2v) is 7.36. The van der Waals surface area contributed by atoms with Crippen LogP contribution in [0.15, 0.2) is 96.1 Å². The van der Waals surface area contributed by atoms with Crippen molar-refractivity contribution < 1.29 is 15.0 Å². The Morgan fingerprint density at radius 3 is 2.12 bits per heavy atom. The van der Waals surface area contributed by atoms with Crippen LogP contribution < -0.4 is 5.56 Å². The van der Waals surface area contributed by atoms with E-state index >= 15 is 0 Å². The first-order chi connectivity index (χ1) is 16.1. The number of aromatic nitrogens is 3. The van der Waals surface area contributed by atoms with Gasteiger partial charge in [0.15, 0.2) is 11.4 Å². The molecule has 2 aromatic carbocycles. The van der Waals surface area contributed by atoms with Crippen LogP contribution in [0.2, 0.25) is 0 Å². The molecule has 33 heavy (non-hydrogen) atoms. The Bertz CT molecular complexity index is 1550. The van der Waals surface area contributed by atoms with E-state index in [2.05, 4.69) is 9.97 Å². The van der Waals surface area contributed by atoms with Crippen LogP contribution in [0.3, 0.4) is 0 Å². The third kappa shape index (κ3) is 3.41. The van der Waals surface area contributed by atoms with E-state index in [9.17, 15) is 19.8 Å². The lowest BCUT2D eigenvalue weighted by atomic mass is 10.0. The van der Waals surface area contributed by atoms with Crippen molar-refractivity contribution in [3.63, 3.8) is 0 Å². The third-order valence-electron chi connectivity index (χ3n) is 5.38. The molecule has 3 aromatic heterocycles. The van der Waals surface area contributed by atoms with E-state index in [1.165, 1.54) is 10.6 Å². The number of carboxylic acids is 1. The molecule has 7 nitrogen and oxygen atoms in total. The van der Waals surface area contributed by atoms with Crippen molar-refractivity contribution in [2.24, 2.45) is 0 Å². The van der Waals surface area contributed by atoms with Crippen LogP contribution in [0, 0.1) is 0 Å². The molecule has 0 spiro atoms. The number of aromatic carboxylic acids is 1. The number of rotatable bonds is 4. The van der Waals surface area contributed by atoms with Crippen molar-refractivity contribution in [2.75, 3.05) is 0 Å². The quantitative estimate of drug-likeness (QED) is 0.430. The van der Waals surface area contributed by atoms with E-state index in [1.54, 1.807) is 60.9 Å². The standard InChI is InChI=1S/C26H17N3O4/c30-24-20-15-19(16-7-3-1-4-8-16)25(31)29(18-9-5-2-6-10-18)23(20)21(28-22(24)26(32)33)17-11-13-27-14-12-17/h1-15,30H,(H,32,33). The van der Waals surface area contributed by atoms with Crippen LogP contribution in [-0.4, -0.2) is 30.7 Å². The Morgan fingerprint density at radius 1 is 0.848 bits per heavy atom. The normalized spacial score (nSPS) is 10.9. The highest BCUT2D eigenvalue weighted by atomic mass is 16.4. The molecule has 5 aromatic rings. The molecule has 7 heteroatoms. The monoisotopic (exact) mass is 435 g/mol. The lowest BCUT2D eigenvalue weighted by Gasteiger charge is -2.18. The number of para-hydroxylation sites is 1. The molecular weight excluding hydrogens is 418 g/mol. The molecule has 3 heterocycles. The minimum atomic E-state index is -1.37. The zero-order valence-electron chi connectivity index (χ0n) is 17.2. The van der Waals surface area contributed by atoms with Crippen molar-refractivity contribution in [3.05, 3.63) is 107 Å². The summed E-state index contributed by atoms with van der Waals surface area (Å²) in [6, 6.07) is 22.9. The van der Waals surface area contributed by atoms with Gasteiger partial charge in [0.2, 0.25) is 0 Å². The number of fused-ring (bicyclic) bond motifs is 1. The zero-order chi connectivity index (χ0) is 22.9. The summed E-state index contributed by atoms with van der Waals surface area (Å²) in [7, 11) is 0. The van der Waals surface area contributed by atoms with Gasteiger partial charge in [-0.05, 0) is 35.9 Å². The number of hydrogen-bond acceptors (Lipinski definition) is 5. The fourth-order valence-corrected chi connectivity index (χ4v) is 3.88. The molecule has 0 saturated heterocycles. The van der Waals surface area contributed by atoms with E-state index in [0.717, 1.165) is 0 Å². The maximum absolute atomic E-state index is 13.8. The molecule has 160 valence electrons. The summed E-state index contributed by atoms with van der Waals surface area (Å²) in [5.41, 5.74) is 1.84. The summed E-state index contributed by atoms with van der Waals surface area (Å²) in [6.45, 7) is 0. The number of pyridine rings is 3. The third-order valence-corrected chi connectivity index (χ3v) is 5.38. The Hall–Kier alpha value is -4.78. The van der Waals surface area contributed by atoms with Gasteiger partial charge in [0.1, 0.15) is 0 Å². The van der Waals surface area contributed by atoms with E-state index in [0.29, 0.717) is 27.9 Å². The smallest absolute Gasteiger partial charge is 0.358 e. The predicted octanol–water partition coefficient (Wildman–Crippen LogP) is 4.52. The van der Waals surface area contributed by atoms with Crippen LogP contribution >= 0.6 is 0 Å². The van der Waals surface area contributed by atoms with Gasteiger partial charge in [-0.3, -0.25) is 14.3 Å². The SMILES string of the molecule is O=C(O)c1nc(-c2ccncc2)c2c(cc(-c3ccccc3)c(=O)n2-c2ccccc2)c1O. The van der Waals surface area contributed by atoms with Crippen LogP contribution in [0.1, 0.15) is 10.5 Å². The summed E-state index contributed by atoms with van der Waals surface area (Å²) < 4.78 is 1.46. The average molecular weight is 435 g/mol. The van der Waals surface area contributed by atoms with Crippen molar-refractivity contribution in [1.82, 2.24) is 14.5 Å². The van der Waals surface area contributed by atoms with Crippen molar-refractivity contribution in [1.29, 1.82) is 0 Å². The van der Waals surface area contributed by atoms with Gasteiger partial charge in [-0.15, -0.1) is 0 Å². The van der Waals surface area contributed by atoms with E-state index in [1.807, 2.05) is 24.3 Å². The summed E-state index contributed by atoms with van der Waals surface area (Å²) >= 11 is 0. The van der Waals surface area contributed by atoms with Gasteiger partial charge in [0.05, 0.1) is 11.2 Å². The minimum Gasteiger partial charge on any atom is -0.505 e. The first kappa shape index (κ1) is 20.1. The number of hydrogen-bond donors (Lipinski definition) is 2. The van der Waals surface area contributed by atoms with Crippen molar-refractivity contribution in [2.45, 2.75) is 0 Å². The van der Waals surface area contributed by atoms with Gasteiger partial charge in [-0.1, -0.05) is 48.5 Å². The molecule has 5 rings (SSSR count). The molecule has 0 aliphatic heterocycles. The molecule has 0 unspecified atom stereocenters. The van der Waals surface area contributed by atoms with Gasteiger partial charge in [0, 0.05) is 34.6 Å². The molecule has 0 aliphatic rings. The first-order valence-corrected chi connectivity index (χ1v) is 10.1. The number of aromatic hydroxyl groups is 1. The Kier molecular flexibility index (Phi) is 4.91. The molecule has 2 N–H and O–H groups in total. The highest BCUT2D eigenvalue weighted by Gasteiger charge is 2.24. The molecule has 0 bridgehead atoms. The van der Waals surface area contributed by atoms with Gasteiger partial charge in [-0.2, -0.15) is 0 Å². The van der Waals surface area contributed by atoms with E-state index in [-0.39, 0.29) is 16.6 Å². The van der Waals surface area contributed by atoms with Gasteiger partial charge in [0.25, 0.3) is 5.56 Å². The van der Waals surface area contributed by atoms with Gasteiger partial charge < -0.3 is 10.2 Å².